The van der Waals surface area contributed by atoms with Crippen molar-refractivity contribution in [3.05, 3.63) is 52.6 Å². The minimum absolute atomic E-state index is 1.12. The Morgan fingerprint density at radius 2 is 1.94 bits per heavy atom. The van der Waals surface area contributed by atoms with Gasteiger partial charge in [0.05, 0.1) is 0 Å². The Balaban J connectivity index is 2.25. The third kappa shape index (κ3) is 1.25. The normalized spacial score (nSPS) is 14.2. The van der Waals surface area contributed by atoms with Crippen LogP contribution in [0.1, 0.15) is 23.6 Å². The molecule has 1 heterocycles. The summed E-state index contributed by atoms with van der Waals surface area (Å²) in [6.45, 7) is 4.47. The van der Waals surface area contributed by atoms with Crippen molar-refractivity contribution in [3.8, 4) is 0 Å². The summed E-state index contributed by atoms with van der Waals surface area (Å²) < 4.78 is 2.88. The molecule has 18 heavy (non-hydrogen) atoms. The van der Waals surface area contributed by atoms with Crippen molar-refractivity contribution in [2.75, 3.05) is 0 Å². The molecule has 4 rings (SSSR count). The van der Waals surface area contributed by atoms with Crippen LogP contribution < -0.4 is 0 Å². The van der Waals surface area contributed by atoms with Crippen LogP contribution in [-0.4, -0.2) is 0 Å². The molecule has 88 valence electrons. The number of aryl methyl sites for hydroxylation is 1. The van der Waals surface area contributed by atoms with Crippen molar-refractivity contribution in [1.82, 2.24) is 0 Å². The van der Waals surface area contributed by atoms with E-state index in [4.69, 9.17) is 0 Å². The quantitative estimate of drug-likeness (QED) is 0.506. The van der Waals surface area contributed by atoms with Crippen molar-refractivity contribution >= 4 is 37.6 Å². The van der Waals surface area contributed by atoms with Gasteiger partial charge in [-0.3, -0.25) is 0 Å². The monoisotopic (exact) mass is 250 g/mol. The van der Waals surface area contributed by atoms with E-state index in [0.717, 1.165) is 6.42 Å². The fourth-order valence-corrected chi connectivity index (χ4v) is 4.27. The molecule has 1 aliphatic carbocycles. The van der Waals surface area contributed by atoms with Gasteiger partial charge in [0.15, 0.2) is 0 Å². The zero-order chi connectivity index (χ0) is 12.3. The first-order valence-corrected chi connectivity index (χ1v) is 7.16. The van der Waals surface area contributed by atoms with E-state index in [2.05, 4.69) is 50.3 Å². The number of hydrogen-bond donors (Lipinski definition) is 0. The van der Waals surface area contributed by atoms with E-state index in [1.54, 1.807) is 0 Å². The minimum Gasteiger partial charge on any atom is -0.135 e. The molecule has 0 saturated heterocycles. The van der Waals surface area contributed by atoms with Gasteiger partial charge in [-0.05, 0) is 43.0 Å². The highest BCUT2D eigenvalue weighted by Gasteiger charge is 2.18. The Kier molecular flexibility index (Phi) is 1.98. The lowest BCUT2D eigenvalue weighted by Gasteiger charge is -2.05. The Morgan fingerprint density at radius 1 is 1.11 bits per heavy atom. The summed E-state index contributed by atoms with van der Waals surface area (Å²) in [5.74, 6) is 0. The summed E-state index contributed by atoms with van der Waals surface area (Å²) in [7, 11) is 0. The fourth-order valence-electron chi connectivity index (χ4n) is 3.07. The minimum atomic E-state index is 1.12. The average Bonchev–Trinajstić information content (AvgIpc) is 2.89. The molecule has 0 bridgehead atoms. The first kappa shape index (κ1) is 10.3. The van der Waals surface area contributed by atoms with Crippen LogP contribution in [0.15, 0.2) is 35.9 Å². The van der Waals surface area contributed by atoms with Gasteiger partial charge in [-0.1, -0.05) is 35.9 Å². The third-order valence-corrected chi connectivity index (χ3v) is 5.14. The second-order valence-corrected chi connectivity index (χ2v) is 6.28. The first-order chi connectivity index (χ1) is 8.74. The predicted octanol–water partition coefficient (Wildman–Crippen LogP) is 5.32. The summed E-state index contributed by atoms with van der Waals surface area (Å²) in [5, 5.41) is 2.93. The van der Waals surface area contributed by atoms with Crippen LogP contribution in [0.2, 0.25) is 0 Å². The highest BCUT2D eigenvalue weighted by molar-refractivity contribution is 7.26. The molecule has 0 amide bonds. The molecular formula is C17H14S. The van der Waals surface area contributed by atoms with Gasteiger partial charge in [-0.25, -0.2) is 0 Å². The molecule has 0 radical (unpaired) electrons. The number of allylic oxidation sites excluding steroid dienone is 1. The average molecular weight is 250 g/mol. The lowest BCUT2D eigenvalue weighted by atomic mass is 9.99. The summed E-state index contributed by atoms with van der Waals surface area (Å²) in [6, 6.07) is 11.1. The number of thiophene rings is 1. The maximum absolute atomic E-state index is 2.35. The largest absolute Gasteiger partial charge is 0.135 e. The van der Waals surface area contributed by atoms with E-state index in [1.807, 2.05) is 11.3 Å². The molecule has 0 N–H and O–H groups in total. The molecule has 1 aliphatic rings. The maximum Gasteiger partial charge on any atom is 0.0387 e. The molecule has 1 heteroatoms. The molecule has 1 aromatic heterocycles. The molecule has 0 saturated carbocycles. The fraction of sp³-hybridized carbons (Fsp3) is 0.176. The number of benzene rings is 2. The van der Waals surface area contributed by atoms with Crippen LogP contribution in [0.5, 0.6) is 0 Å². The van der Waals surface area contributed by atoms with Gasteiger partial charge in [0.25, 0.3) is 0 Å². The van der Waals surface area contributed by atoms with Crippen LogP contribution in [-0.2, 0) is 6.42 Å². The zero-order valence-corrected chi connectivity index (χ0v) is 11.4. The van der Waals surface area contributed by atoms with E-state index >= 15 is 0 Å². The topological polar surface area (TPSA) is 0 Å². The molecule has 3 aromatic rings. The number of rotatable bonds is 0. The van der Waals surface area contributed by atoms with E-state index in [9.17, 15) is 0 Å². The summed E-state index contributed by atoms with van der Waals surface area (Å²) >= 11 is 1.93. The molecular weight excluding hydrogens is 236 g/mol. The highest BCUT2D eigenvalue weighted by Crippen LogP contribution is 2.42. The van der Waals surface area contributed by atoms with Gasteiger partial charge in [-0.2, -0.15) is 0 Å². The molecule has 0 spiro atoms. The molecule has 0 atom stereocenters. The van der Waals surface area contributed by atoms with Crippen LogP contribution in [0.4, 0.5) is 0 Å². The Morgan fingerprint density at radius 3 is 2.83 bits per heavy atom. The van der Waals surface area contributed by atoms with Crippen molar-refractivity contribution in [3.63, 3.8) is 0 Å². The Labute approximate surface area is 111 Å². The summed E-state index contributed by atoms with van der Waals surface area (Å²) in [4.78, 5) is 0. The lowest BCUT2D eigenvalue weighted by Crippen LogP contribution is -1.86. The third-order valence-electron chi connectivity index (χ3n) is 3.83. The standard InChI is InChI=1S/C17H14S/c1-10-7-12-9-11(2)17-16(14(12)8-10)13-5-3-4-6-15(13)18-17/h3-7,9H,8H2,1-2H3. The van der Waals surface area contributed by atoms with Gasteiger partial charge in [0.1, 0.15) is 0 Å². The van der Waals surface area contributed by atoms with Gasteiger partial charge in [0, 0.05) is 20.2 Å². The number of hydrogen-bond acceptors (Lipinski definition) is 1. The second-order valence-electron chi connectivity index (χ2n) is 5.23. The predicted molar refractivity (Wildman–Crippen MR) is 81.4 cm³/mol. The van der Waals surface area contributed by atoms with Crippen molar-refractivity contribution in [2.24, 2.45) is 0 Å². The molecule has 0 fully saturated rings. The van der Waals surface area contributed by atoms with Gasteiger partial charge in [0.2, 0.25) is 0 Å². The van der Waals surface area contributed by atoms with E-state index in [-0.39, 0.29) is 0 Å². The van der Waals surface area contributed by atoms with Crippen molar-refractivity contribution in [2.45, 2.75) is 20.3 Å². The SMILES string of the molecule is CC1=Cc2cc(C)c3sc4ccccc4c3c2C1. The first-order valence-electron chi connectivity index (χ1n) is 6.35. The van der Waals surface area contributed by atoms with Gasteiger partial charge < -0.3 is 0 Å². The molecule has 0 nitrogen and oxygen atoms in total. The molecule has 2 aromatic carbocycles. The second kappa shape index (κ2) is 3.46. The Bertz CT molecular complexity index is 818. The molecule has 0 unspecified atom stereocenters. The van der Waals surface area contributed by atoms with E-state index in [0.29, 0.717) is 0 Å². The maximum atomic E-state index is 2.35. The molecule has 0 aliphatic heterocycles. The van der Waals surface area contributed by atoms with Crippen molar-refractivity contribution < 1.29 is 0 Å². The van der Waals surface area contributed by atoms with Crippen molar-refractivity contribution in [1.29, 1.82) is 0 Å². The van der Waals surface area contributed by atoms with Crippen LogP contribution in [0, 0.1) is 6.92 Å². The number of fused-ring (bicyclic) bond motifs is 5. The Hall–Kier alpha value is -1.60. The van der Waals surface area contributed by atoms with E-state index < -0.39 is 0 Å². The highest BCUT2D eigenvalue weighted by atomic mass is 32.1. The van der Waals surface area contributed by atoms with Gasteiger partial charge >= 0.3 is 0 Å². The zero-order valence-electron chi connectivity index (χ0n) is 10.6. The van der Waals surface area contributed by atoms with E-state index in [1.165, 1.54) is 42.4 Å². The smallest absolute Gasteiger partial charge is 0.0387 e. The van der Waals surface area contributed by atoms with Gasteiger partial charge in [-0.15, -0.1) is 11.3 Å². The lowest BCUT2D eigenvalue weighted by molar-refractivity contribution is 1.21. The summed E-state index contributed by atoms with van der Waals surface area (Å²) in [5.41, 5.74) is 5.86. The van der Waals surface area contributed by atoms with Crippen LogP contribution in [0.25, 0.3) is 26.2 Å². The van der Waals surface area contributed by atoms with Crippen LogP contribution in [0.3, 0.4) is 0 Å². The van der Waals surface area contributed by atoms with Crippen LogP contribution >= 0.6 is 11.3 Å². The summed E-state index contributed by atoms with van der Waals surface area (Å²) in [6.07, 6.45) is 3.46.